The molecule has 1 heterocycles. The van der Waals surface area contributed by atoms with E-state index in [2.05, 4.69) is 5.32 Å². The number of ether oxygens (including phenoxy) is 4. The third kappa shape index (κ3) is 4.18. The van der Waals surface area contributed by atoms with E-state index in [4.69, 9.17) is 18.9 Å². The van der Waals surface area contributed by atoms with E-state index in [1.165, 1.54) is 20.1 Å². The van der Waals surface area contributed by atoms with Crippen molar-refractivity contribution in [1.82, 2.24) is 5.32 Å². The molecule has 48 heavy (non-hydrogen) atoms. The fourth-order valence-electron chi connectivity index (χ4n) is 7.42. The van der Waals surface area contributed by atoms with E-state index in [9.17, 15) is 49.5 Å². The van der Waals surface area contributed by atoms with Crippen LogP contribution in [0.1, 0.15) is 81.8 Å². The van der Waals surface area contributed by atoms with Crippen LogP contribution in [0.5, 0.6) is 11.5 Å². The number of rotatable bonds is 5. The van der Waals surface area contributed by atoms with Crippen molar-refractivity contribution in [3.8, 4) is 11.5 Å². The average molecular weight is 668 g/mol. The molecule has 15 nitrogen and oxygen atoms in total. The summed E-state index contributed by atoms with van der Waals surface area (Å²) in [5, 5.41) is 59.6. The van der Waals surface area contributed by atoms with Crippen LogP contribution in [-0.4, -0.2) is 112 Å². The van der Waals surface area contributed by atoms with Crippen LogP contribution in [0.3, 0.4) is 0 Å². The molecule has 0 saturated carbocycles. The summed E-state index contributed by atoms with van der Waals surface area (Å²) in [5.74, 6) is -7.51. The lowest BCUT2D eigenvalue weighted by atomic mass is 9.56. The van der Waals surface area contributed by atoms with Crippen LogP contribution in [0.15, 0.2) is 23.9 Å². The Hall–Kier alpha value is -4.51. The molecule has 1 aliphatic heterocycles. The summed E-state index contributed by atoms with van der Waals surface area (Å²) < 4.78 is 21.4. The van der Waals surface area contributed by atoms with Crippen LogP contribution in [0.2, 0.25) is 0 Å². The number of aryl methyl sites for hydroxylation is 1. The highest BCUT2D eigenvalue weighted by Gasteiger charge is 2.72. The number of phenols is 2. The zero-order valence-corrected chi connectivity index (χ0v) is 26.4. The number of methoxy groups -OCH3 is 3. The topological polar surface area (TPSA) is 235 Å². The number of hydrogen-bond donors (Lipinski definition) is 6. The predicted molar refractivity (Wildman–Crippen MR) is 160 cm³/mol. The zero-order valence-electron chi connectivity index (χ0n) is 26.4. The third-order valence-electron chi connectivity index (χ3n) is 9.84. The Labute approximate surface area is 272 Å². The first-order valence-corrected chi connectivity index (χ1v) is 14.9. The standard InChI is InChI=1S/C33H33NO14/c1-11-6-13-7-20(37)33(47-5)29(42)23-15(28(41)32(33,44)24(13)27(40)21(11)31(43)46-4)8-14-22(26(23)39)18(36)9-16(25(14)38)34-30-19(45-3)10-17(35)12(2)48-30/h6,8-9,12,17,19-20,30,34-35,37,39-40,44H,7,10H2,1-5H3/t12-,17+,19+,20+,30-,32-,33+/m0/s1. The molecule has 4 aliphatic rings. The van der Waals surface area contributed by atoms with Gasteiger partial charge in [-0.3, -0.25) is 19.2 Å². The van der Waals surface area contributed by atoms with Crippen molar-refractivity contribution in [2.45, 2.75) is 68.5 Å². The zero-order chi connectivity index (χ0) is 35.2. The molecular weight excluding hydrogens is 634 g/mol. The highest BCUT2D eigenvalue weighted by Crippen LogP contribution is 2.56. The van der Waals surface area contributed by atoms with Crippen molar-refractivity contribution in [3.05, 3.63) is 68.4 Å². The Morgan fingerprint density at radius 1 is 1.00 bits per heavy atom. The number of carbonyl (C=O) groups is 5. The molecule has 6 N–H and O–H groups in total. The fraction of sp³-hybridized carbons (Fsp3) is 0.424. The Kier molecular flexibility index (Phi) is 7.85. The quantitative estimate of drug-likeness (QED) is 0.232. The van der Waals surface area contributed by atoms with E-state index in [0.717, 1.165) is 26.4 Å². The number of benzene rings is 2. The normalized spacial score (nSPS) is 30.9. The molecule has 0 unspecified atom stereocenters. The molecule has 0 amide bonds. The molecule has 2 aromatic rings. The summed E-state index contributed by atoms with van der Waals surface area (Å²) in [5.41, 5.74) is -9.88. The first-order valence-electron chi connectivity index (χ1n) is 14.9. The molecule has 1 saturated heterocycles. The summed E-state index contributed by atoms with van der Waals surface area (Å²) in [6.07, 6.45) is -4.63. The van der Waals surface area contributed by atoms with Crippen molar-refractivity contribution in [1.29, 1.82) is 0 Å². The van der Waals surface area contributed by atoms with Gasteiger partial charge in [0.25, 0.3) is 0 Å². The highest BCUT2D eigenvalue weighted by atomic mass is 16.6. The minimum absolute atomic E-state index is 0.00677. The largest absolute Gasteiger partial charge is 0.507 e. The number of aromatic hydroxyl groups is 2. The van der Waals surface area contributed by atoms with Crippen molar-refractivity contribution in [3.63, 3.8) is 0 Å². The molecule has 0 bridgehead atoms. The Morgan fingerprint density at radius 3 is 2.31 bits per heavy atom. The summed E-state index contributed by atoms with van der Waals surface area (Å²) in [6, 6.07) is 2.21. The number of ketones is 4. The molecule has 6 rings (SSSR count). The molecule has 2 aromatic carbocycles. The molecule has 7 atom stereocenters. The molecule has 0 spiro atoms. The maximum Gasteiger partial charge on any atom is 0.341 e. The van der Waals surface area contributed by atoms with E-state index in [1.54, 1.807) is 6.92 Å². The summed E-state index contributed by atoms with van der Waals surface area (Å²) in [7, 11) is 3.34. The number of fused-ring (bicyclic) bond motifs is 5. The predicted octanol–water partition coefficient (Wildman–Crippen LogP) is 0.125. The van der Waals surface area contributed by atoms with Crippen molar-refractivity contribution in [2.75, 3.05) is 21.3 Å². The Morgan fingerprint density at radius 2 is 1.69 bits per heavy atom. The molecular formula is C33H33NO14. The van der Waals surface area contributed by atoms with Gasteiger partial charge in [0, 0.05) is 49.8 Å². The van der Waals surface area contributed by atoms with Gasteiger partial charge in [0.05, 0.1) is 42.2 Å². The number of allylic oxidation sites excluding steroid dienone is 2. The fourth-order valence-corrected chi connectivity index (χ4v) is 7.42. The van der Waals surface area contributed by atoms with Crippen LogP contribution in [0, 0.1) is 6.92 Å². The number of nitrogens with one attached hydrogen (secondary N) is 1. The first kappa shape index (κ1) is 33.4. The van der Waals surface area contributed by atoms with Gasteiger partial charge in [-0.15, -0.1) is 0 Å². The van der Waals surface area contributed by atoms with E-state index in [-0.39, 0.29) is 23.2 Å². The SMILES string of the molecule is COC(=O)c1c(C)cc2c(c1O)[C@]1(O)C(=O)c3cc4c(c(O)c3C(=O)[C@]1(OC)[C@H](O)C2)C(=O)C=C(N[C@H]1O[C@@H](C)[C@H](O)C[C@H]1OC)C4=O. The van der Waals surface area contributed by atoms with Crippen LogP contribution in [-0.2, 0) is 31.0 Å². The number of carbonyl (C=O) groups excluding carboxylic acids is 5. The molecule has 15 heteroatoms. The van der Waals surface area contributed by atoms with Crippen molar-refractivity contribution < 1.29 is 68.5 Å². The smallest absolute Gasteiger partial charge is 0.341 e. The minimum Gasteiger partial charge on any atom is -0.507 e. The highest BCUT2D eigenvalue weighted by molar-refractivity contribution is 6.31. The van der Waals surface area contributed by atoms with Gasteiger partial charge in [0.15, 0.2) is 23.2 Å². The Bertz CT molecular complexity index is 1860. The van der Waals surface area contributed by atoms with Gasteiger partial charge in [-0.05, 0) is 31.0 Å². The monoisotopic (exact) mass is 667 g/mol. The molecule has 0 radical (unpaired) electrons. The van der Waals surface area contributed by atoms with Gasteiger partial charge in [-0.2, -0.15) is 0 Å². The van der Waals surface area contributed by atoms with E-state index >= 15 is 0 Å². The van der Waals surface area contributed by atoms with Gasteiger partial charge in [-0.1, -0.05) is 6.07 Å². The third-order valence-corrected chi connectivity index (χ3v) is 9.84. The minimum atomic E-state index is -3.21. The van der Waals surface area contributed by atoms with Gasteiger partial charge < -0.3 is 49.8 Å². The van der Waals surface area contributed by atoms with Crippen LogP contribution in [0.25, 0.3) is 0 Å². The molecule has 3 aliphatic carbocycles. The lowest BCUT2D eigenvalue weighted by molar-refractivity contribution is -0.181. The summed E-state index contributed by atoms with van der Waals surface area (Å²) in [4.78, 5) is 68.8. The lowest BCUT2D eigenvalue weighted by Gasteiger charge is -2.52. The van der Waals surface area contributed by atoms with Crippen LogP contribution < -0.4 is 5.32 Å². The van der Waals surface area contributed by atoms with Gasteiger partial charge in [0.1, 0.15) is 23.2 Å². The lowest BCUT2D eigenvalue weighted by Crippen LogP contribution is -2.73. The number of phenolic OH excluding ortho intramolecular Hbond substituents is 2. The number of esters is 1. The van der Waals surface area contributed by atoms with E-state index < -0.39 is 122 Å². The van der Waals surface area contributed by atoms with Crippen molar-refractivity contribution in [2.24, 2.45) is 0 Å². The van der Waals surface area contributed by atoms with Gasteiger partial charge in [-0.25, -0.2) is 4.79 Å². The second kappa shape index (κ2) is 11.3. The van der Waals surface area contributed by atoms with E-state index in [1.807, 2.05) is 0 Å². The first-order chi connectivity index (χ1) is 22.6. The maximum absolute atomic E-state index is 14.5. The molecule has 1 fully saturated rings. The van der Waals surface area contributed by atoms with Crippen LogP contribution >= 0.6 is 0 Å². The van der Waals surface area contributed by atoms with Gasteiger partial charge >= 0.3 is 5.97 Å². The maximum atomic E-state index is 14.5. The molecule has 254 valence electrons. The van der Waals surface area contributed by atoms with Crippen LogP contribution in [0.4, 0.5) is 0 Å². The molecule has 0 aromatic heterocycles. The van der Waals surface area contributed by atoms with E-state index in [0.29, 0.717) is 0 Å². The second-order valence-corrected chi connectivity index (χ2v) is 12.3. The Balaban J connectivity index is 1.53. The number of aliphatic hydroxyl groups is 3. The number of aliphatic hydroxyl groups excluding tert-OH is 2. The summed E-state index contributed by atoms with van der Waals surface area (Å²) in [6.45, 7) is 3.06. The average Bonchev–Trinajstić information content (AvgIpc) is 3.03. The number of hydrogen-bond acceptors (Lipinski definition) is 15. The summed E-state index contributed by atoms with van der Waals surface area (Å²) >= 11 is 0. The second-order valence-electron chi connectivity index (χ2n) is 12.3. The van der Waals surface area contributed by atoms with Crippen molar-refractivity contribution >= 4 is 29.1 Å². The van der Waals surface area contributed by atoms with Gasteiger partial charge in [0.2, 0.25) is 17.3 Å². The number of Topliss-reactive ketones (excluding diaryl/α,β-unsaturated/α-hetero) is 3.